The van der Waals surface area contributed by atoms with Crippen molar-refractivity contribution in [3.8, 4) is 0 Å². The third kappa shape index (κ3) is 3.25. The summed E-state index contributed by atoms with van der Waals surface area (Å²) >= 11 is 0. The third-order valence-corrected chi connectivity index (χ3v) is 2.42. The minimum Gasteiger partial charge on any atom is -0.464 e. The lowest BCUT2D eigenvalue weighted by Gasteiger charge is -2.19. The molecule has 0 bridgehead atoms. The summed E-state index contributed by atoms with van der Waals surface area (Å²) in [6.07, 6.45) is -3.35. The van der Waals surface area contributed by atoms with E-state index >= 15 is 0 Å². The smallest absolute Gasteiger partial charge is 0.338 e. The monoisotopic (exact) mass is 258 g/mol. The van der Waals surface area contributed by atoms with Crippen molar-refractivity contribution in [1.82, 2.24) is 0 Å². The van der Waals surface area contributed by atoms with E-state index in [1.54, 1.807) is 6.92 Å². The van der Waals surface area contributed by atoms with Gasteiger partial charge in [-0.2, -0.15) is 0 Å². The summed E-state index contributed by atoms with van der Waals surface area (Å²) in [5.74, 6) is -1.56. The molecule has 2 atom stereocenters. The summed E-state index contributed by atoms with van der Waals surface area (Å²) in [7, 11) is 0. The molecule has 0 saturated heterocycles. The van der Waals surface area contributed by atoms with Gasteiger partial charge in [0.05, 0.1) is 13.2 Å². The summed E-state index contributed by atoms with van der Waals surface area (Å²) in [5, 5.41) is 28.4. The van der Waals surface area contributed by atoms with Crippen LogP contribution < -0.4 is 0 Å². The van der Waals surface area contributed by atoms with Gasteiger partial charge in [0.1, 0.15) is 11.9 Å². The lowest BCUT2D eigenvalue weighted by molar-refractivity contribution is -0.159. The highest BCUT2D eigenvalue weighted by Gasteiger charge is 2.28. The quantitative estimate of drug-likeness (QED) is 0.660. The molecule has 6 heteroatoms. The average molecular weight is 258 g/mol. The second kappa shape index (κ2) is 6.44. The molecule has 0 spiro atoms. The molecule has 0 fully saturated rings. The molecule has 2 unspecified atom stereocenters. The Labute approximate surface area is 103 Å². The van der Waals surface area contributed by atoms with Gasteiger partial charge in [0.15, 0.2) is 6.10 Å². The van der Waals surface area contributed by atoms with E-state index in [1.807, 2.05) is 0 Å². The van der Waals surface area contributed by atoms with Gasteiger partial charge in [0, 0.05) is 0 Å². The van der Waals surface area contributed by atoms with Crippen molar-refractivity contribution in [3.05, 3.63) is 35.1 Å². The number of benzene rings is 1. The Bertz CT molecular complexity index is 421. The molecule has 0 saturated carbocycles. The fourth-order valence-corrected chi connectivity index (χ4v) is 1.53. The van der Waals surface area contributed by atoms with Gasteiger partial charge in [-0.05, 0) is 30.2 Å². The molecule has 0 radical (unpaired) electrons. The average Bonchev–Trinajstić information content (AvgIpc) is 2.37. The zero-order valence-electron chi connectivity index (χ0n) is 9.84. The lowest BCUT2D eigenvalue weighted by atomic mass is 9.99. The third-order valence-electron chi connectivity index (χ3n) is 2.42. The fourth-order valence-electron chi connectivity index (χ4n) is 1.53. The molecule has 1 aromatic rings. The van der Waals surface area contributed by atoms with Crippen LogP contribution >= 0.6 is 0 Å². The van der Waals surface area contributed by atoms with Gasteiger partial charge in [0.2, 0.25) is 0 Å². The first kappa shape index (κ1) is 14.6. The number of carbonyl (C=O) groups excluding carboxylic acids is 1. The maximum Gasteiger partial charge on any atom is 0.338 e. The van der Waals surface area contributed by atoms with Crippen LogP contribution in [0, 0.1) is 5.82 Å². The van der Waals surface area contributed by atoms with Crippen LogP contribution in [0.25, 0.3) is 0 Å². The summed E-state index contributed by atoms with van der Waals surface area (Å²) in [5.41, 5.74) is 0.185. The van der Waals surface area contributed by atoms with Crippen LogP contribution in [0.5, 0.6) is 0 Å². The van der Waals surface area contributed by atoms with Crippen molar-refractivity contribution >= 4 is 5.97 Å². The fraction of sp³-hybridized carbons (Fsp3) is 0.417. The van der Waals surface area contributed by atoms with E-state index in [0.29, 0.717) is 0 Å². The minimum absolute atomic E-state index is 0.0683. The van der Waals surface area contributed by atoms with E-state index in [0.717, 1.165) is 12.1 Å². The minimum atomic E-state index is -1.78. The van der Waals surface area contributed by atoms with Gasteiger partial charge in [-0.1, -0.05) is 6.07 Å². The highest BCUT2D eigenvalue weighted by Crippen LogP contribution is 2.23. The number of aliphatic hydroxyl groups is 3. The van der Waals surface area contributed by atoms with E-state index in [-0.39, 0.29) is 17.7 Å². The lowest BCUT2D eigenvalue weighted by Crippen LogP contribution is -2.30. The first-order valence-electron chi connectivity index (χ1n) is 5.43. The molecule has 0 aliphatic carbocycles. The largest absolute Gasteiger partial charge is 0.464 e. The molecule has 1 aromatic carbocycles. The maximum atomic E-state index is 12.9. The Kier molecular flexibility index (Phi) is 5.21. The topological polar surface area (TPSA) is 87.0 Å². The zero-order valence-corrected chi connectivity index (χ0v) is 9.84. The van der Waals surface area contributed by atoms with E-state index < -0.39 is 30.6 Å². The Hall–Kier alpha value is -1.50. The Balaban J connectivity index is 2.95. The van der Waals surface area contributed by atoms with Crippen molar-refractivity contribution in [2.45, 2.75) is 25.7 Å². The zero-order chi connectivity index (χ0) is 13.7. The van der Waals surface area contributed by atoms with Gasteiger partial charge < -0.3 is 20.1 Å². The molecule has 3 N–H and O–H groups in total. The highest BCUT2D eigenvalue weighted by molar-refractivity contribution is 5.75. The number of esters is 1. The van der Waals surface area contributed by atoms with Crippen LogP contribution in [0.15, 0.2) is 18.2 Å². The van der Waals surface area contributed by atoms with Gasteiger partial charge in [-0.15, -0.1) is 0 Å². The van der Waals surface area contributed by atoms with Crippen LogP contribution in [0.1, 0.15) is 24.2 Å². The van der Waals surface area contributed by atoms with Crippen molar-refractivity contribution in [2.24, 2.45) is 0 Å². The van der Waals surface area contributed by atoms with Crippen LogP contribution in [-0.4, -0.2) is 34.0 Å². The van der Waals surface area contributed by atoms with E-state index in [2.05, 4.69) is 4.74 Å². The highest BCUT2D eigenvalue weighted by atomic mass is 19.1. The van der Waals surface area contributed by atoms with Crippen LogP contribution in [0.3, 0.4) is 0 Å². The second-order valence-electron chi connectivity index (χ2n) is 3.64. The van der Waals surface area contributed by atoms with Crippen LogP contribution in [0.2, 0.25) is 0 Å². The van der Waals surface area contributed by atoms with Crippen molar-refractivity contribution < 1.29 is 29.2 Å². The Morgan fingerprint density at radius 3 is 2.67 bits per heavy atom. The molecule has 100 valence electrons. The molecule has 18 heavy (non-hydrogen) atoms. The first-order chi connectivity index (χ1) is 8.51. The van der Waals surface area contributed by atoms with Crippen molar-refractivity contribution in [2.75, 3.05) is 6.61 Å². The first-order valence-corrected chi connectivity index (χ1v) is 5.43. The molecule has 0 aliphatic heterocycles. The molecular weight excluding hydrogens is 243 g/mol. The van der Waals surface area contributed by atoms with Crippen LogP contribution in [0.4, 0.5) is 4.39 Å². The van der Waals surface area contributed by atoms with Gasteiger partial charge in [-0.3, -0.25) is 0 Å². The van der Waals surface area contributed by atoms with Gasteiger partial charge >= 0.3 is 5.97 Å². The molecule has 0 amide bonds. The van der Waals surface area contributed by atoms with Crippen molar-refractivity contribution in [1.29, 1.82) is 0 Å². The van der Waals surface area contributed by atoms with Gasteiger partial charge in [0.25, 0.3) is 0 Å². The normalized spacial score (nSPS) is 14.1. The second-order valence-corrected chi connectivity index (χ2v) is 3.64. The number of halogens is 1. The predicted molar refractivity (Wildman–Crippen MR) is 59.9 cm³/mol. The number of ether oxygens (including phenoxy) is 1. The molecule has 0 aliphatic rings. The van der Waals surface area contributed by atoms with E-state index in [9.17, 15) is 19.4 Å². The molecule has 1 rings (SSSR count). The maximum absolute atomic E-state index is 12.9. The van der Waals surface area contributed by atoms with E-state index in [1.165, 1.54) is 6.07 Å². The van der Waals surface area contributed by atoms with Gasteiger partial charge in [-0.25, -0.2) is 9.18 Å². The number of aliphatic hydroxyl groups excluding tert-OH is 3. The van der Waals surface area contributed by atoms with E-state index in [4.69, 9.17) is 5.11 Å². The Morgan fingerprint density at radius 2 is 2.11 bits per heavy atom. The predicted octanol–water partition coefficient (Wildman–Crippen LogP) is 0.275. The summed E-state index contributed by atoms with van der Waals surface area (Å²) in [4.78, 5) is 11.3. The van der Waals surface area contributed by atoms with Crippen molar-refractivity contribution in [3.63, 3.8) is 0 Å². The molecule has 0 aromatic heterocycles. The summed E-state index contributed by atoms with van der Waals surface area (Å²) < 4.78 is 17.5. The standard InChI is InChI=1S/C12H15FO5/c1-2-18-12(17)11(16)10(15)9-4-3-8(13)5-7(9)6-14/h3-5,10-11,14-16H,2,6H2,1H3. The number of hydrogen-bond donors (Lipinski definition) is 3. The molecule has 5 nitrogen and oxygen atoms in total. The summed E-state index contributed by atoms with van der Waals surface area (Å²) in [6, 6.07) is 3.29. The van der Waals surface area contributed by atoms with Crippen LogP contribution in [-0.2, 0) is 16.1 Å². The Morgan fingerprint density at radius 1 is 1.44 bits per heavy atom. The number of hydrogen-bond acceptors (Lipinski definition) is 5. The molecule has 0 heterocycles. The SMILES string of the molecule is CCOC(=O)C(O)C(O)c1ccc(F)cc1CO. The summed E-state index contributed by atoms with van der Waals surface area (Å²) in [6.45, 7) is 1.12. The number of rotatable bonds is 5. The number of carbonyl (C=O) groups is 1. The molecular formula is C12H15FO5.